The summed E-state index contributed by atoms with van der Waals surface area (Å²) in [6.07, 6.45) is 4.42. The van der Waals surface area contributed by atoms with Gasteiger partial charge in [0, 0.05) is 6.42 Å². The van der Waals surface area contributed by atoms with E-state index >= 15 is 0 Å². The van der Waals surface area contributed by atoms with Gasteiger partial charge in [-0.25, -0.2) is 0 Å². The molecule has 1 rings (SSSR count). The van der Waals surface area contributed by atoms with Crippen molar-refractivity contribution in [3.05, 3.63) is 35.9 Å². The van der Waals surface area contributed by atoms with Crippen LogP contribution in [0.15, 0.2) is 30.3 Å². The Morgan fingerprint density at radius 2 is 1.94 bits per heavy atom. The summed E-state index contributed by atoms with van der Waals surface area (Å²) >= 11 is 0. The van der Waals surface area contributed by atoms with E-state index in [1.165, 1.54) is 5.56 Å². The van der Waals surface area contributed by atoms with Gasteiger partial charge in [-0.15, -0.1) is 0 Å². The maximum atomic E-state index is 10.5. The summed E-state index contributed by atoms with van der Waals surface area (Å²) in [5.74, 6) is 0. The summed E-state index contributed by atoms with van der Waals surface area (Å²) < 4.78 is 6.00. The molecule has 0 spiro atoms. The second-order valence-electron chi connectivity index (χ2n) is 4.68. The van der Waals surface area contributed by atoms with E-state index in [-0.39, 0.29) is 5.60 Å². The minimum atomic E-state index is -0.175. The van der Waals surface area contributed by atoms with E-state index in [1.807, 2.05) is 18.2 Å². The number of carbonyl (C=O) groups excluding carboxylic acids is 1. The van der Waals surface area contributed by atoms with E-state index in [4.69, 9.17) is 4.74 Å². The molecular formula is C15H22O2. The molecule has 0 heterocycles. The lowest BCUT2D eigenvalue weighted by atomic mass is 9.94. The molecule has 0 aliphatic carbocycles. The maximum Gasteiger partial charge on any atom is 0.120 e. The van der Waals surface area contributed by atoms with Crippen LogP contribution in [-0.4, -0.2) is 11.9 Å². The molecule has 1 atom stereocenters. The van der Waals surface area contributed by atoms with Gasteiger partial charge in [-0.1, -0.05) is 43.7 Å². The molecule has 0 fully saturated rings. The van der Waals surface area contributed by atoms with Gasteiger partial charge in [-0.2, -0.15) is 0 Å². The first-order valence-corrected chi connectivity index (χ1v) is 6.32. The fourth-order valence-electron chi connectivity index (χ4n) is 1.99. The van der Waals surface area contributed by atoms with Crippen LogP contribution < -0.4 is 0 Å². The molecule has 1 unspecified atom stereocenters. The molecule has 2 nitrogen and oxygen atoms in total. The normalized spacial score (nSPS) is 14.2. The minimum absolute atomic E-state index is 0.175. The molecule has 0 saturated heterocycles. The lowest BCUT2D eigenvalue weighted by molar-refractivity contribution is -0.110. The molecule has 1 aromatic rings. The molecule has 0 aromatic heterocycles. The molecule has 94 valence electrons. The Kier molecular flexibility index (Phi) is 5.92. The van der Waals surface area contributed by atoms with E-state index < -0.39 is 0 Å². The van der Waals surface area contributed by atoms with Gasteiger partial charge in [-0.05, 0) is 25.3 Å². The second kappa shape index (κ2) is 7.23. The van der Waals surface area contributed by atoms with Gasteiger partial charge in [0.05, 0.1) is 12.2 Å². The Hall–Kier alpha value is -1.15. The third kappa shape index (κ3) is 5.14. The Labute approximate surface area is 104 Å². The smallest absolute Gasteiger partial charge is 0.120 e. The van der Waals surface area contributed by atoms with Crippen molar-refractivity contribution in [3.63, 3.8) is 0 Å². The average Bonchev–Trinajstić information content (AvgIpc) is 2.36. The molecule has 0 amide bonds. The number of ether oxygens (including phenoxy) is 1. The number of hydrogen-bond donors (Lipinski definition) is 0. The topological polar surface area (TPSA) is 26.3 Å². The highest BCUT2D eigenvalue weighted by molar-refractivity contribution is 5.49. The van der Waals surface area contributed by atoms with Crippen LogP contribution in [0.25, 0.3) is 0 Å². The molecule has 0 saturated carbocycles. The van der Waals surface area contributed by atoms with E-state index in [2.05, 4.69) is 26.0 Å². The van der Waals surface area contributed by atoms with Crippen LogP contribution in [0.2, 0.25) is 0 Å². The molecule has 0 bridgehead atoms. The molecule has 0 N–H and O–H groups in total. The SMILES string of the molecule is CCCC(C)(CCC=O)OCc1ccccc1. The van der Waals surface area contributed by atoms with E-state index in [0.29, 0.717) is 13.0 Å². The molecular weight excluding hydrogens is 212 g/mol. The third-order valence-electron chi connectivity index (χ3n) is 3.00. The lowest BCUT2D eigenvalue weighted by Crippen LogP contribution is -2.28. The monoisotopic (exact) mass is 234 g/mol. The molecule has 2 heteroatoms. The quantitative estimate of drug-likeness (QED) is 0.640. The van der Waals surface area contributed by atoms with E-state index in [0.717, 1.165) is 25.5 Å². The van der Waals surface area contributed by atoms with Crippen molar-refractivity contribution < 1.29 is 9.53 Å². The zero-order valence-corrected chi connectivity index (χ0v) is 10.8. The van der Waals surface area contributed by atoms with Gasteiger partial charge >= 0.3 is 0 Å². The van der Waals surface area contributed by atoms with Crippen molar-refractivity contribution in [1.82, 2.24) is 0 Å². The van der Waals surface area contributed by atoms with Crippen LogP contribution in [0.4, 0.5) is 0 Å². The largest absolute Gasteiger partial charge is 0.371 e. The predicted molar refractivity (Wildman–Crippen MR) is 69.8 cm³/mol. The summed E-state index contributed by atoms with van der Waals surface area (Å²) in [4.78, 5) is 10.5. The Balaban J connectivity index is 2.51. The minimum Gasteiger partial charge on any atom is -0.371 e. The lowest BCUT2D eigenvalue weighted by Gasteiger charge is -2.29. The number of rotatable bonds is 8. The van der Waals surface area contributed by atoms with Gasteiger partial charge in [-0.3, -0.25) is 0 Å². The number of benzene rings is 1. The molecule has 17 heavy (non-hydrogen) atoms. The zero-order chi connectivity index (χ0) is 12.6. The average molecular weight is 234 g/mol. The molecule has 0 aliphatic rings. The van der Waals surface area contributed by atoms with Crippen LogP contribution in [0.1, 0.15) is 45.1 Å². The van der Waals surface area contributed by atoms with Gasteiger partial charge in [0.25, 0.3) is 0 Å². The van der Waals surface area contributed by atoms with Crippen molar-refractivity contribution in [2.24, 2.45) is 0 Å². The molecule has 0 radical (unpaired) electrons. The highest BCUT2D eigenvalue weighted by atomic mass is 16.5. The van der Waals surface area contributed by atoms with Gasteiger partial charge in [0.2, 0.25) is 0 Å². The Bertz CT molecular complexity index is 321. The summed E-state index contributed by atoms with van der Waals surface area (Å²) in [6, 6.07) is 10.2. The molecule has 0 aliphatic heterocycles. The predicted octanol–water partition coefficient (Wildman–Crippen LogP) is 3.74. The van der Waals surface area contributed by atoms with Crippen LogP contribution >= 0.6 is 0 Å². The van der Waals surface area contributed by atoms with Crippen LogP contribution in [0, 0.1) is 0 Å². The molecule has 1 aromatic carbocycles. The van der Waals surface area contributed by atoms with Crippen molar-refractivity contribution in [2.45, 2.75) is 51.7 Å². The fraction of sp³-hybridized carbons (Fsp3) is 0.533. The van der Waals surface area contributed by atoms with Crippen LogP contribution in [0.5, 0.6) is 0 Å². The van der Waals surface area contributed by atoms with Crippen LogP contribution in [0.3, 0.4) is 0 Å². The Morgan fingerprint density at radius 1 is 1.24 bits per heavy atom. The van der Waals surface area contributed by atoms with E-state index in [1.54, 1.807) is 0 Å². The number of aldehydes is 1. The van der Waals surface area contributed by atoms with Gasteiger partial charge in [0.15, 0.2) is 0 Å². The summed E-state index contributed by atoms with van der Waals surface area (Å²) in [7, 11) is 0. The van der Waals surface area contributed by atoms with Crippen molar-refractivity contribution in [2.75, 3.05) is 0 Å². The highest BCUT2D eigenvalue weighted by Crippen LogP contribution is 2.24. The maximum absolute atomic E-state index is 10.5. The summed E-state index contributed by atoms with van der Waals surface area (Å²) in [5, 5.41) is 0. The first-order chi connectivity index (χ1) is 8.20. The van der Waals surface area contributed by atoms with Crippen molar-refractivity contribution >= 4 is 6.29 Å². The van der Waals surface area contributed by atoms with Gasteiger partial charge < -0.3 is 9.53 Å². The first-order valence-electron chi connectivity index (χ1n) is 6.32. The zero-order valence-electron chi connectivity index (χ0n) is 10.8. The standard InChI is InChI=1S/C15H22O2/c1-3-10-15(2,11-7-12-16)17-13-14-8-5-4-6-9-14/h4-6,8-9,12H,3,7,10-11,13H2,1-2H3. The third-order valence-corrected chi connectivity index (χ3v) is 3.00. The van der Waals surface area contributed by atoms with Crippen LogP contribution in [-0.2, 0) is 16.1 Å². The van der Waals surface area contributed by atoms with E-state index in [9.17, 15) is 4.79 Å². The fourth-order valence-corrected chi connectivity index (χ4v) is 1.99. The second-order valence-corrected chi connectivity index (χ2v) is 4.68. The highest BCUT2D eigenvalue weighted by Gasteiger charge is 2.23. The van der Waals surface area contributed by atoms with Gasteiger partial charge in [0.1, 0.15) is 6.29 Å². The first kappa shape index (κ1) is 13.9. The summed E-state index contributed by atoms with van der Waals surface area (Å²) in [5.41, 5.74) is 1.01. The number of carbonyl (C=O) groups is 1. The summed E-state index contributed by atoms with van der Waals surface area (Å²) in [6.45, 7) is 4.87. The number of hydrogen-bond acceptors (Lipinski definition) is 2. The van der Waals surface area contributed by atoms with Crippen molar-refractivity contribution in [3.8, 4) is 0 Å². The van der Waals surface area contributed by atoms with Crippen molar-refractivity contribution in [1.29, 1.82) is 0 Å². The Morgan fingerprint density at radius 3 is 2.53 bits per heavy atom.